The number of aliphatic hydroxyl groups is 1. The quantitative estimate of drug-likeness (QED) is 0.503. The van der Waals surface area contributed by atoms with Gasteiger partial charge >= 0.3 is 0 Å². The lowest BCUT2D eigenvalue weighted by Crippen LogP contribution is -2.43. The van der Waals surface area contributed by atoms with Gasteiger partial charge < -0.3 is 5.11 Å². The Bertz CT molecular complexity index is 1280. The molecule has 0 saturated heterocycles. The van der Waals surface area contributed by atoms with Crippen LogP contribution in [0.3, 0.4) is 0 Å². The van der Waals surface area contributed by atoms with E-state index in [-0.39, 0.29) is 11.1 Å². The highest BCUT2D eigenvalue weighted by Crippen LogP contribution is 2.25. The molecule has 5 rings (SSSR count). The SMILES string of the molecule is O=c1c2cc3ccccc3cc2c(=O)n2n1-c1ccccc1CC2O. The number of nitrogens with zero attached hydrogens (tertiary/aromatic N) is 2. The van der Waals surface area contributed by atoms with Crippen LogP contribution in [0.4, 0.5) is 0 Å². The molecule has 1 aromatic heterocycles. The summed E-state index contributed by atoms with van der Waals surface area (Å²) >= 11 is 0. The molecule has 0 saturated carbocycles. The number of para-hydroxylation sites is 1. The Morgan fingerprint density at radius 3 is 2.16 bits per heavy atom. The van der Waals surface area contributed by atoms with E-state index in [0.29, 0.717) is 22.9 Å². The van der Waals surface area contributed by atoms with Gasteiger partial charge in [0, 0.05) is 6.42 Å². The van der Waals surface area contributed by atoms with Gasteiger partial charge in [-0.05, 0) is 34.5 Å². The smallest absolute Gasteiger partial charge is 0.278 e. The van der Waals surface area contributed by atoms with E-state index in [1.54, 1.807) is 18.2 Å². The van der Waals surface area contributed by atoms with Gasteiger partial charge in [0.1, 0.15) is 0 Å². The van der Waals surface area contributed by atoms with Crippen LogP contribution in [0.15, 0.2) is 70.3 Å². The summed E-state index contributed by atoms with van der Waals surface area (Å²) in [5, 5.41) is 13.0. The summed E-state index contributed by atoms with van der Waals surface area (Å²) in [6, 6.07) is 18.4. The third-order valence-corrected chi connectivity index (χ3v) is 4.87. The van der Waals surface area contributed by atoms with Crippen LogP contribution in [0.5, 0.6) is 0 Å². The third kappa shape index (κ3) is 1.87. The highest BCUT2D eigenvalue weighted by molar-refractivity contribution is 5.97. The summed E-state index contributed by atoms with van der Waals surface area (Å²) in [5.41, 5.74) is 0.829. The Balaban J connectivity index is 2.02. The molecular weight excluding hydrogens is 316 g/mol. The summed E-state index contributed by atoms with van der Waals surface area (Å²) < 4.78 is 2.48. The normalized spacial score (nSPS) is 16.0. The first-order valence-electron chi connectivity index (χ1n) is 8.12. The van der Waals surface area contributed by atoms with Crippen LogP contribution in [-0.2, 0) is 6.42 Å². The predicted molar refractivity (Wildman–Crippen MR) is 96.3 cm³/mol. The molecule has 2 heterocycles. The lowest BCUT2D eigenvalue weighted by Gasteiger charge is -2.27. The van der Waals surface area contributed by atoms with Crippen molar-refractivity contribution in [3.05, 3.63) is 86.9 Å². The topological polar surface area (TPSA) is 64.2 Å². The first-order chi connectivity index (χ1) is 12.1. The van der Waals surface area contributed by atoms with Gasteiger partial charge in [0.05, 0.1) is 16.5 Å². The molecule has 25 heavy (non-hydrogen) atoms. The molecule has 1 unspecified atom stereocenters. The molecule has 1 N–H and O–H groups in total. The zero-order chi connectivity index (χ0) is 17.1. The van der Waals surface area contributed by atoms with Gasteiger partial charge in [-0.15, -0.1) is 0 Å². The second-order valence-corrected chi connectivity index (χ2v) is 6.33. The van der Waals surface area contributed by atoms with Crippen molar-refractivity contribution in [1.29, 1.82) is 0 Å². The van der Waals surface area contributed by atoms with E-state index < -0.39 is 6.23 Å². The van der Waals surface area contributed by atoms with E-state index in [1.807, 2.05) is 42.5 Å². The number of hydrogen-bond acceptors (Lipinski definition) is 3. The van der Waals surface area contributed by atoms with Gasteiger partial charge in [-0.1, -0.05) is 42.5 Å². The predicted octanol–water partition coefficient (Wildman–Crippen LogP) is 2.35. The summed E-state index contributed by atoms with van der Waals surface area (Å²) in [4.78, 5) is 26.2. The summed E-state index contributed by atoms with van der Waals surface area (Å²) in [6.07, 6.45) is -0.764. The average Bonchev–Trinajstić information content (AvgIpc) is 2.64. The Labute approximate surface area is 142 Å². The van der Waals surface area contributed by atoms with E-state index in [2.05, 4.69) is 0 Å². The standard InChI is InChI=1S/C20H14N2O3/c23-18-11-14-7-3-4-8-17(14)21-19(24)15-9-12-5-1-2-6-13(12)10-16(15)20(25)22(18)21/h1-10,18,23H,11H2. The molecule has 1 aliphatic heterocycles. The van der Waals surface area contributed by atoms with Gasteiger partial charge in [-0.25, -0.2) is 9.36 Å². The molecule has 4 aromatic rings. The van der Waals surface area contributed by atoms with Crippen molar-refractivity contribution < 1.29 is 5.11 Å². The number of rotatable bonds is 0. The maximum absolute atomic E-state index is 13.2. The minimum absolute atomic E-state index is 0.299. The molecular formula is C20H14N2O3. The van der Waals surface area contributed by atoms with E-state index in [0.717, 1.165) is 16.3 Å². The van der Waals surface area contributed by atoms with E-state index >= 15 is 0 Å². The summed E-state index contributed by atoms with van der Waals surface area (Å²) in [6.45, 7) is 0. The maximum atomic E-state index is 13.2. The fraction of sp³-hybridized carbons (Fsp3) is 0.100. The molecule has 0 amide bonds. The van der Waals surface area contributed by atoms with E-state index in [4.69, 9.17) is 0 Å². The molecule has 0 spiro atoms. The van der Waals surface area contributed by atoms with Crippen LogP contribution in [0.25, 0.3) is 27.2 Å². The number of aromatic nitrogens is 2. The summed E-state index contributed by atoms with van der Waals surface area (Å²) in [5.74, 6) is 0. The Hall–Kier alpha value is -3.18. The molecule has 5 nitrogen and oxygen atoms in total. The van der Waals surface area contributed by atoms with Crippen LogP contribution < -0.4 is 11.1 Å². The average molecular weight is 330 g/mol. The van der Waals surface area contributed by atoms with Crippen molar-refractivity contribution in [2.75, 3.05) is 0 Å². The van der Waals surface area contributed by atoms with Crippen LogP contribution in [-0.4, -0.2) is 14.5 Å². The van der Waals surface area contributed by atoms with Crippen LogP contribution in [0.2, 0.25) is 0 Å². The zero-order valence-electron chi connectivity index (χ0n) is 13.2. The highest BCUT2D eigenvalue weighted by atomic mass is 16.3. The van der Waals surface area contributed by atoms with Crippen LogP contribution >= 0.6 is 0 Å². The molecule has 0 aliphatic carbocycles. The largest absolute Gasteiger partial charge is 0.371 e. The second kappa shape index (κ2) is 4.91. The minimum Gasteiger partial charge on any atom is -0.371 e. The highest BCUT2D eigenvalue weighted by Gasteiger charge is 2.26. The van der Waals surface area contributed by atoms with Gasteiger partial charge in [-0.2, -0.15) is 0 Å². The number of benzene rings is 3. The Morgan fingerprint density at radius 1 is 0.840 bits per heavy atom. The van der Waals surface area contributed by atoms with Crippen molar-refractivity contribution in [2.24, 2.45) is 0 Å². The number of hydrogen-bond donors (Lipinski definition) is 1. The maximum Gasteiger partial charge on any atom is 0.278 e. The molecule has 5 heteroatoms. The van der Waals surface area contributed by atoms with Crippen molar-refractivity contribution >= 4 is 21.5 Å². The summed E-state index contributed by atoms with van der Waals surface area (Å²) in [7, 11) is 0. The lowest BCUT2D eigenvalue weighted by molar-refractivity contribution is 0.0705. The molecule has 1 atom stereocenters. The van der Waals surface area contributed by atoms with Crippen molar-refractivity contribution in [1.82, 2.24) is 9.36 Å². The Kier molecular flexibility index (Phi) is 2.79. The molecule has 1 aliphatic rings. The fourth-order valence-corrected chi connectivity index (χ4v) is 3.69. The molecule has 3 aromatic carbocycles. The van der Waals surface area contributed by atoms with Crippen molar-refractivity contribution in [2.45, 2.75) is 12.6 Å². The van der Waals surface area contributed by atoms with Crippen LogP contribution in [0, 0.1) is 0 Å². The third-order valence-electron chi connectivity index (χ3n) is 4.87. The zero-order valence-corrected chi connectivity index (χ0v) is 13.2. The van der Waals surface area contributed by atoms with Gasteiger partial charge in [0.25, 0.3) is 11.1 Å². The monoisotopic (exact) mass is 330 g/mol. The molecule has 0 radical (unpaired) electrons. The Morgan fingerprint density at radius 2 is 1.44 bits per heavy atom. The molecule has 0 bridgehead atoms. The first-order valence-corrected chi connectivity index (χ1v) is 8.12. The van der Waals surface area contributed by atoms with E-state index in [1.165, 1.54) is 9.36 Å². The molecule has 122 valence electrons. The van der Waals surface area contributed by atoms with E-state index in [9.17, 15) is 14.7 Å². The fourth-order valence-electron chi connectivity index (χ4n) is 3.69. The first kappa shape index (κ1) is 14.2. The van der Waals surface area contributed by atoms with Crippen molar-refractivity contribution in [3.63, 3.8) is 0 Å². The van der Waals surface area contributed by atoms with Crippen molar-refractivity contribution in [3.8, 4) is 5.69 Å². The van der Waals surface area contributed by atoms with Gasteiger partial charge in [0.2, 0.25) is 0 Å². The van der Waals surface area contributed by atoms with Crippen LogP contribution in [0.1, 0.15) is 11.8 Å². The number of fused-ring (bicyclic) bond motifs is 5. The van der Waals surface area contributed by atoms with Gasteiger partial charge in [-0.3, -0.25) is 9.59 Å². The minimum atomic E-state index is -1.06. The number of aliphatic hydroxyl groups excluding tert-OH is 1. The lowest BCUT2D eigenvalue weighted by atomic mass is 10.0. The molecule has 0 fully saturated rings. The second-order valence-electron chi connectivity index (χ2n) is 6.33. The van der Waals surface area contributed by atoms with Gasteiger partial charge in [0.15, 0.2) is 6.23 Å².